The van der Waals surface area contributed by atoms with Crippen LogP contribution in [0.25, 0.3) is 0 Å². The van der Waals surface area contributed by atoms with Crippen molar-refractivity contribution in [2.45, 2.75) is 39.2 Å². The van der Waals surface area contributed by atoms with Crippen molar-refractivity contribution in [2.75, 3.05) is 5.32 Å². The lowest BCUT2D eigenvalue weighted by molar-refractivity contribution is -0.139. The Balaban J connectivity index is 2.69. The molecule has 2 amide bonds. The summed E-state index contributed by atoms with van der Waals surface area (Å²) in [5.74, 6) is -1.03. The molecular formula is C14H20N2O3. The molecule has 1 atom stereocenters. The minimum Gasteiger partial charge on any atom is -0.480 e. The average Bonchev–Trinajstić information content (AvgIpc) is 2.38. The van der Waals surface area contributed by atoms with Gasteiger partial charge < -0.3 is 15.7 Å². The first-order chi connectivity index (χ1) is 9.08. The van der Waals surface area contributed by atoms with Crippen molar-refractivity contribution in [2.24, 2.45) is 0 Å². The van der Waals surface area contributed by atoms with Crippen LogP contribution < -0.4 is 10.6 Å². The lowest BCUT2D eigenvalue weighted by Crippen LogP contribution is -2.42. The van der Waals surface area contributed by atoms with Crippen LogP contribution >= 0.6 is 0 Å². The smallest absolute Gasteiger partial charge is 0.326 e. The van der Waals surface area contributed by atoms with E-state index in [1.165, 1.54) is 0 Å². The van der Waals surface area contributed by atoms with Gasteiger partial charge in [-0.3, -0.25) is 0 Å². The molecule has 0 heterocycles. The van der Waals surface area contributed by atoms with Gasteiger partial charge in [0.05, 0.1) is 0 Å². The normalized spacial score (nSPS) is 11.7. The first-order valence-corrected chi connectivity index (χ1v) is 6.46. The van der Waals surface area contributed by atoms with Gasteiger partial charge >= 0.3 is 12.0 Å². The third-order valence-corrected chi connectivity index (χ3v) is 2.80. The highest BCUT2D eigenvalue weighted by Gasteiger charge is 2.17. The van der Waals surface area contributed by atoms with Gasteiger partial charge in [0.15, 0.2) is 0 Å². The summed E-state index contributed by atoms with van der Waals surface area (Å²) in [6.45, 7) is 3.78. The maximum absolute atomic E-state index is 11.8. The maximum Gasteiger partial charge on any atom is 0.326 e. The van der Waals surface area contributed by atoms with Gasteiger partial charge in [-0.2, -0.15) is 0 Å². The van der Waals surface area contributed by atoms with Crippen LogP contribution in [0, 0.1) is 0 Å². The van der Waals surface area contributed by atoms with Crippen LogP contribution in [0.15, 0.2) is 24.3 Å². The van der Waals surface area contributed by atoms with Crippen LogP contribution in [0.1, 0.15) is 32.3 Å². The Morgan fingerprint density at radius 1 is 1.26 bits per heavy atom. The van der Waals surface area contributed by atoms with Crippen LogP contribution in [0.4, 0.5) is 10.5 Å². The lowest BCUT2D eigenvalue weighted by Gasteiger charge is -2.15. The van der Waals surface area contributed by atoms with Crippen molar-refractivity contribution in [3.8, 4) is 0 Å². The summed E-state index contributed by atoms with van der Waals surface area (Å²) in [6.07, 6.45) is 2.19. The lowest BCUT2D eigenvalue weighted by atomic mass is 10.1. The molecule has 0 saturated carbocycles. The second-order valence-corrected chi connectivity index (χ2v) is 4.30. The zero-order valence-corrected chi connectivity index (χ0v) is 11.3. The van der Waals surface area contributed by atoms with Crippen molar-refractivity contribution in [3.63, 3.8) is 0 Å². The molecule has 0 aliphatic carbocycles. The second kappa shape index (κ2) is 7.41. The molecule has 3 N–H and O–H groups in total. The van der Waals surface area contributed by atoms with Gasteiger partial charge in [0.25, 0.3) is 0 Å². The Morgan fingerprint density at radius 2 is 1.95 bits per heavy atom. The third kappa shape index (κ3) is 4.62. The monoisotopic (exact) mass is 264 g/mol. The van der Waals surface area contributed by atoms with Gasteiger partial charge in [0.2, 0.25) is 0 Å². The highest BCUT2D eigenvalue weighted by molar-refractivity contribution is 5.92. The van der Waals surface area contributed by atoms with Crippen LogP contribution in [0.3, 0.4) is 0 Å². The molecular weight excluding hydrogens is 244 g/mol. The molecule has 0 aliphatic heterocycles. The van der Waals surface area contributed by atoms with Crippen molar-refractivity contribution in [1.82, 2.24) is 5.32 Å². The van der Waals surface area contributed by atoms with E-state index in [0.717, 1.165) is 24.1 Å². The molecule has 1 aromatic rings. The number of rotatable bonds is 6. The first-order valence-electron chi connectivity index (χ1n) is 6.46. The molecule has 0 spiro atoms. The number of carbonyl (C=O) groups is 2. The number of carboxylic acid groups (broad SMARTS) is 1. The van der Waals surface area contributed by atoms with E-state index in [2.05, 4.69) is 17.6 Å². The minimum atomic E-state index is -1.03. The fourth-order valence-corrected chi connectivity index (χ4v) is 1.78. The quantitative estimate of drug-likeness (QED) is 0.739. The van der Waals surface area contributed by atoms with E-state index in [4.69, 9.17) is 5.11 Å². The number of benzene rings is 1. The van der Waals surface area contributed by atoms with Gasteiger partial charge in [0, 0.05) is 5.69 Å². The number of nitrogens with one attached hydrogen (secondary N) is 2. The summed E-state index contributed by atoms with van der Waals surface area (Å²) >= 11 is 0. The number of hydrogen-bond acceptors (Lipinski definition) is 2. The molecule has 5 heteroatoms. The van der Waals surface area contributed by atoms with Crippen molar-refractivity contribution in [3.05, 3.63) is 29.8 Å². The van der Waals surface area contributed by atoms with Gasteiger partial charge in [0.1, 0.15) is 6.04 Å². The molecule has 5 nitrogen and oxygen atoms in total. The number of amides is 2. The Bertz CT molecular complexity index is 446. The average molecular weight is 264 g/mol. The molecule has 1 rings (SSSR count). The number of hydrogen-bond donors (Lipinski definition) is 3. The topological polar surface area (TPSA) is 78.4 Å². The summed E-state index contributed by atoms with van der Waals surface area (Å²) in [5, 5.41) is 14.0. The second-order valence-electron chi connectivity index (χ2n) is 4.30. The predicted octanol–water partition coefficient (Wildman–Crippen LogP) is 2.62. The van der Waals surface area contributed by atoms with E-state index in [-0.39, 0.29) is 0 Å². The largest absolute Gasteiger partial charge is 0.480 e. The van der Waals surface area contributed by atoms with Crippen molar-refractivity contribution in [1.29, 1.82) is 0 Å². The summed E-state index contributed by atoms with van der Waals surface area (Å²) in [4.78, 5) is 22.6. The molecule has 0 saturated heterocycles. The van der Waals surface area contributed by atoms with Gasteiger partial charge in [-0.1, -0.05) is 38.5 Å². The maximum atomic E-state index is 11.8. The zero-order valence-electron chi connectivity index (χ0n) is 11.3. The minimum absolute atomic E-state index is 0.347. The van der Waals surface area contributed by atoms with Crippen molar-refractivity contribution >= 4 is 17.7 Å². The Hall–Kier alpha value is -2.04. The van der Waals surface area contributed by atoms with E-state index in [9.17, 15) is 9.59 Å². The number of carbonyl (C=O) groups excluding carboxylic acids is 1. The summed E-state index contributed by atoms with van der Waals surface area (Å²) in [7, 11) is 0. The summed E-state index contributed by atoms with van der Waals surface area (Å²) in [6, 6.07) is 6.17. The van der Waals surface area contributed by atoms with E-state index in [1.807, 2.05) is 24.3 Å². The number of aliphatic carboxylic acids is 1. The number of para-hydroxylation sites is 1. The fraction of sp³-hybridized carbons (Fsp3) is 0.429. The van der Waals surface area contributed by atoms with E-state index in [1.54, 1.807) is 6.92 Å². The van der Waals surface area contributed by atoms with Crippen LogP contribution in [0.5, 0.6) is 0 Å². The standard InChI is InChI=1S/C14H20N2O3/c1-3-7-10-8-5-6-9-12(10)16-14(19)15-11(4-2)13(17)18/h5-6,8-9,11H,3-4,7H2,1-2H3,(H,17,18)(H2,15,16,19). The Kier molecular flexibility index (Phi) is 5.85. The molecule has 1 unspecified atom stereocenters. The van der Waals surface area contributed by atoms with Crippen LogP contribution in [-0.4, -0.2) is 23.1 Å². The molecule has 0 aromatic heterocycles. The Morgan fingerprint density at radius 3 is 2.53 bits per heavy atom. The molecule has 0 aliphatic rings. The van der Waals surface area contributed by atoms with E-state index >= 15 is 0 Å². The molecule has 1 aromatic carbocycles. The molecule has 0 fully saturated rings. The fourth-order valence-electron chi connectivity index (χ4n) is 1.78. The number of anilines is 1. The highest BCUT2D eigenvalue weighted by atomic mass is 16.4. The van der Waals surface area contributed by atoms with Crippen LogP contribution in [-0.2, 0) is 11.2 Å². The van der Waals surface area contributed by atoms with E-state index < -0.39 is 18.0 Å². The molecule has 0 bridgehead atoms. The number of urea groups is 1. The number of aryl methyl sites for hydroxylation is 1. The van der Waals surface area contributed by atoms with Gasteiger partial charge in [-0.05, 0) is 24.5 Å². The molecule has 104 valence electrons. The molecule has 19 heavy (non-hydrogen) atoms. The first kappa shape index (κ1) is 15.0. The van der Waals surface area contributed by atoms with Gasteiger partial charge in [-0.25, -0.2) is 9.59 Å². The molecule has 0 radical (unpaired) electrons. The van der Waals surface area contributed by atoms with Crippen LogP contribution in [0.2, 0.25) is 0 Å². The summed E-state index contributed by atoms with van der Waals surface area (Å²) in [5.41, 5.74) is 1.77. The SMILES string of the molecule is CCCc1ccccc1NC(=O)NC(CC)C(=O)O. The number of carboxylic acids is 1. The highest BCUT2D eigenvalue weighted by Crippen LogP contribution is 2.16. The predicted molar refractivity (Wildman–Crippen MR) is 74.3 cm³/mol. The summed E-state index contributed by atoms with van der Waals surface area (Å²) < 4.78 is 0. The zero-order chi connectivity index (χ0) is 14.3. The third-order valence-electron chi connectivity index (χ3n) is 2.80. The van der Waals surface area contributed by atoms with Crippen molar-refractivity contribution < 1.29 is 14.7 Å². The van der Waals surface area contributed by atoms with E-state index in [0.29, 0.717) is 6.42 Å². The van der Waals surface area contributed by atoms with Gasteiger partial charge in [-0.15, -0.1) is 0 Å². The Labute approximate surface area is 113 Å².